The molecule has 8 aromatic rings. The maximum atomic E-state index is 2.50. The Morgan fingerprint density at radius 3 is 1.52 bits per heavy atom. The van der Waals surface area contributed by atoms with Crippen molar-refractivity contribution in [1.29, 1.82) is 0 Å². The summed E-state index contributed by atoms with van der Waals surface area (Å²) in [7, 11) is 0. The molecule has 0 amide bonds. The van der Waals surface area contributed by atoms with Crippen molar-refractivity contribution in [2.75, 3.05) is 4.90 Å². The van der Waals surface area contributed by atoms with Crippen LogP contribution in [0, 0.1) is 17.8 Å². The first kappa shape index (κ1) is 37.4. The number of rotatable bonds is 6. The summed E-state index contributed by atoms with van der Waals surface area (Å²) in [6.07, 6.45) is 8.72. The molecule has 0 aromatic heterocycles. The van der Waals surface area contributed by atoms with Gasteiger partial charge < -0.3 is 4.90 Å². The third-order valence-electron chi connectivity index (χ3n) is 16.8. The van der Waals surface area contributed by atoms with E-state index < -0.39 is 0 Å². The van der Waals surface area contributed by atoms with Crippen LogP contribution in [0.3, 0.4) is 0 Å². The van der Waals surface area contributed by atoms with Gasteiger partial charge in [-0.25, -0.2) is 0 Å². The van der Waals surface area contributed by atoms with E-state index >= 15 is 0 Å². The maximum Gasteiger partial charge on any atom is 0.0465 e. The van der Waals surface area contributed by atoms with Gasteiger partial charge in [-0.15, -0.1) is 0 Å². The Bertz CT molecular complexity index is 3100. The second kappa shape index (κ2) is 13.4. The van der Waals surface area contributed by atoms with E-state index in [0.29, 0.717) is 5.41 Å². The Hall–Kier alpha value is -6.18. The van der Waals surface area contributed by atoms with Crippen molar-refractivity contribution in [2.24, 2.45) is 17.8 Å². The normalized spacial score (nSPS) is 22.7. The van der Waals surface area contributed by atoms with Gasteiger partial charge in [-0.1, -0.05) is 155 Å². The van der Waals surface area contributed by atoms with Crippen molar-refractivity contribution >= 4 is 27.8 Å². The Balaban J connectivity index is 0.878. The second-order valence-electron chi connectivity index (χ2n) is 21.2. The van der Waals surface area contributed by atoms with E-state index in [2.05, 4.69) is 202 Å². The SMILES string of the molecule is CC1(C)c2ccccc2-c2ccc(N(c3ccc(-c4cccc5ccccc45)cc3)c3ccc4c(c3)C(C)(C)c3cc(-c5ccc(C67CC8CC(CC(C8)C6)C7)cc5)ccc3-4)cc21. The number of anilines is 3. The molecular formula is C62H55N. The predicted molar refractivity (Wildman–Crippen MR) is 264 cm³/mol. The van der Waals surface area contributed by atoms with Gasteiger partial charge in [0, 0.05) is 27.9 Å². The van der Waals surface area contributed by atoms with Crippen LogP contribution in [0.25, 0.3) is 55.3 Å². The maximum absolute atomic E-state index is 2.50. The highest BCUT2D eigenvalue weighted by Gasteiger charge is 2.51. The fourth-order valence-corrected chi connectivity index (χ4v) is 14.1. The Kier molecular flexibility index (Phi) is 7.96. The molecule has 308 valence electrons. The number of nitrogens with zero attached hydrogens (tertiary/aromatic N) is 1. The number of fused-ring (bicyclic) bond motifs is 7. The minimum atomic E-state index is -0.165. The fourth-order valence-electron chi connectivity index (χ4n) is 14.1. The van der Waals surface area contributed by atoms with Crippen molar-refractivity contribution in [3.05, 3.63) is 198 Å². The molecule has 0 unspecified atom stereocenters. The lowest BCUT2D eigenvalue weighted by Gasteiger charge is -2.57. The Morgan fingerprint density at radius 2 is 0.857 bits per heavy atom. The molecule has 63 heavy (non-hydrogen) atoms. The van der Waals surface area contributed by atoms with E-state index in [1.165, 1.54) is 127 Å². The smallest absolute Gasteiger partial charge is 0.0465 e. The van der Waals surface area contributed by atoms with Gasteiger partial charge in [0.1, 0.15) is 0 Å². The lowest BCUT2D eigenvalue weighted by atomic mass is 9.48. The molecule has 0 aliphatic heterocycles. The van der Waals surface area contributed by atoms with Crippen LogP contribution in [0.4, 0.5) is 17.1 Å². The summed E-state index contributed by atoms with van der Waals surface area (Å²) in [4.78, 5) is 2.49. The first-order chi connectivity index (χ1) is 30.6. The summed E-state index contributed by atoms with van der Waals surface area (Å²) in [5, 5.41) is 2.55. The zero-order valence-electron chi connectivity index (χ0n) is 37.1. The average Bonchev–Trinajstić information content (AvgIpc) is 3.67. The van der Waals surface area contributed by atoms with E-state index in [1.807, 2.05) is 0 Å². The molecule has 0 atom stereocenters. The summed E-state index contributed by atoms with van der Waals surface area (Å²) in [5.74, 6) is 2.89. The van der Waals surface area contributed by atoms with Gasteiger partial charge in [0.05, 0.1) is 0 Å². The molecule has 0 spiro atoms. The van der Waals surface area contributed by atoms with Crippen LogP contribution < -0.4 is 4.90 Å². The predicted octanol–water partition coefficient (Wildman–Crippen LogP) is 16.7. The van der Waals surface area contributed by atoms with E-state index in [4.69, 9.17) is 0 Å². The minimum absolute atomic E-state index is 0.0970. The molecule has 4 fully saturated rings. The molecule has 8 aromatic carbocycles. The van der Waals surface area contributed by atoms with Gasteiger partial charge >= 0.3 is 0 Å². The first-order valence-electron chi connectivity index (χ1n) is 23.7. The molecule has 0 N–H and O–H groups in total. The van der Waals surface area contributed by atoms with E-state index in [-0.39, 0.29) is 10.8 Å². The van der Waals surface area contributed by atoms with Crippen molar-refractivity contribution in [3.63, 3.8) is 0 Å². The van der Waals surface area contributed by atoms with Crippen molar-refractivity contribution < 1.29 is 0 Å². The van der Waals surface area contributed by atoms with Crippen LogP contribution in [0.15, 0.2) is 170 Å². The summed E-state index contributed by atoms with van der Waals surface area (Å²) < 4.78 is 0. The monoisotopic (exact) mass is 813 g/mol. The molecule has 1 nitrogen and oxygen atoms in total. The molecule has 4 bridgehead atoms. The minimum Gasteiger partial charge on any atom is -0.310 e. The van der Waals surface area contributed by atoms with Crippen molar-refractivity contribution in [1.82, 2.24) is 0 Å². The third kappa shape index (κ3) is 5.61. The first-order valence-corrected chi connectivity index (χ1v) is 23.7. The van der Waals surface area contributed by atoms with E-state index in [9.17, 15) is 0 Å². The van der Waals surface area contributed by atoms with Crippen LogP contribution in [0.2, 0.25) is 0 Å². The zero-order chi connectivity index (χ0) is 42.2. The molecule has 6 aliphatic rings. The van der Waals surface area contributed by atoms with Gasteiger partial charge in [0.25, 0.3) is 0 Å². The van der Waals surface area contributed by atoms with Crippen LogP contribution >= 0.6 is 0 Å². The van der Waals surface area contributed by atoms with E-state index in [0.717, 1.165) is 23.4 Å². The van der Waals surface area contributed by atoms with Gasteiger partial charge in [-0.3, -0.25) is 0 Å². The molecule has 6 aliphatic carbocycles. The Labute approximate surface area is 373 Å². The number of hydrogen-bond acceptors (Lipinski definition) is 1. The Morgan fingerprint density at radius 1 is 0.381 bits per heavy atom. The van der Waals surface area contributed by atoms with Gasteiger partial charge in [-0.05, 0) is 187 Å². The van der Waals surface area contributed by atoms with Crippen LogP contribution in [-0.2, 0) is 16.2 Å². The second-order valence-corrected chi connectivity index (χ2v) is 21.2. The van der Waals surface area contributed by atoms with Crippen LogP contribution in [-0.4, -0.2) is 0 Å². The van der Waals surface area contributed by atoms with Crippen molar-refractivity contribution in [3.8, 4) is 44.5 Å². The van der Waals surface area contributed by atoms with Gasteiger partial charge in [0.2, 0.25) is 0 Å². The van der Waals surface area contributed by atoms with Crippen LogP contribution in [0.5, 0.6) is 0 Å². The zero-order valence-corrected chi connectivity index (χ0v) is 37.1. The molecule has 14 rings (SSSR count). The van der Waals surface area contributed by atoms with Crippen LogP contribution in [0.1, 0.15) is 94.0 Å². The molecule has 0 radical (unpaired) electrons. The topological polar surface area (TPSA) is 3.24 Å². The molecule has 4 saturated carbocycles. The largest absolute Gasteiger partial charge is 0.310 e. The highest BCUT2D eigenvalue weighted by molar-refractivity contribution is 5.97. The standard InChI is InChI=1S/C62H55N/c1-60(2)56-15-8-7-13-52(56)54-28-25-48(34-58(54)60)63(47-23-18-44(19-24-47)51-14-9-11-43-10-5-6-12-50(43)51)49-26-29-55-53-27-20-45(33-57(53)61(3,4)59(55)35-49)42-16-21-46(22-17-42)62-36-39-30-40(37-62)32-41(31-39)38-62/h5-29,33-35,39-41H,30-32,36-38H2,1-4H3. The summed E-state index contributed by atoms with van der Waals surface area (Å²) in [6, 6.07) is 65.1. The highest BCUT2D eigenvalue weighted by atomic mass is 15.1. The summed E-state index contributed by atoms with van der Waals surface area (Å²) in [6.45, 7) is 9.62. The summed E-state index contributed by atoms with van der Waals surface area (Å²) >= 11 is 0. The average molecular weight is 814 g/mol. The quantitative estimate of drug-likeness (QED) is 0.162. The summed E-state index contributed by atoms with van der Waals surface area (Å²) in [5.41, 5.74) is 21.4. The number of hydrogen-bond donors (Lipinski definition) is 0. The lowest BCUT2D eigenvalue weighted by Crippen LogP contribution is -2.48. The van der Waals surface area contributed by atoms with Gasteiger partial charge in [0.15, 0.2) is 0 Å². The lowest BCUT2D eigenvalue weighted by molar-refractivity contribution is -0.00518. The highest BCUT2D eigenvalue weighted by Crippen LogP contribution is 2.61. The molecular weight excluding hydrogens is 759 g/mol. The fraction of sp³-hybridized carbons (Fsp3) is 0.258. The molecule has 0 heterocycles. The molecule has 1 heteroatoms. The van der Waals surface area contributed by atoms with E-state index in [1.54, 1.807) is 5.56 Å². The third-order valence-corrected chi connectivity index (χ3v) is 16.8. The molecule has 0 saturated heterocycles. The number of benzene rings is 8. The van der Waals surface area contributed by atoms with Crippen molar-refractivity contribution in [2.45, 2.75) is 82.5 Å². The van der Waals surface area contributed by atoms with Gasteiger partial charge in [-0.2, -0.15) is 0 Å².